The molecule has 3 rings (SSSR count). The van der Waals surface area contributed by atoms with Crippen LogP contribution in [0.5, 0.6) is 5.88 Å². The van der Waals surface area contributed by atoms with Crippen molar-refractivity contribution in [3.8, 4) is 5.88 Å². The fourth-order valence-electron chi connectivity index (χ4n) is 2.42. The summed E-state index contributed by atoms with van der Waals surface area (Å²) in [7, 11) is 0. The summed E-state index contributed by atoms with van der Waals surface area (Å²) < 4.78 is 6.72. The van der Waals surface area contributed by atoms with Gasteiger partial charge in [0.2, 0.25) is 5.88 Å². The van der Waals surface area contributed by atoms with Crippen LogP contribution in [0.1, 0.15) is 16.8 Å². The summed E-state index contributed by atoms with van der Waals surface area (Å²) in [6.07, 6.45) is 2.44. The molecule has 1 saturated heterocycles. The Morgan fingerprint density at radius 2 is 2.14 bits per heavy atom. The number of hydrogen-bond donors (Lipinski definition) is 0. The number of hydrogen-bond acceptors (Lipinski definition) is 3. The van der Waals surface area contributed by atoms with Gasteiger partial charge in [-0.05, 0) is 34.1 Å². The second-order valence-corrected chi connectivity index (χ2v) is 6.40. The number of nitrogens with zero attached hydrogens (tertiary/aromatic N) is 2. The monoisotopic (exact) mass is 380 g/mol. The summed E-state index contributed by atoms with van der Waals surface area (Å²) >= 11 is 9.42. The molecule has 0 bridgehead atoms. The molecule has 1 amide bonds. The maximum absolute atomic E-state index is 12.5. The molecule has 4 nitrogen and oxygen atoms in total. The highest BCUT2D eigenvalue weighted by Crippen LogP contribution is 2.22. The van der Waals surface area contributed by atoms with E-state index in [0.29, 0.717) is 29.6 Å². The van der Waals surface area contributed by atoms with Crippen LogP contribution in [-0.2, 0) is 0 Å². The van der Waals surface area contributed by atoms with Crippen molar-refractivity contribution in [2.75, 3.05) is 13.1 Å². The number of carbonyl (C=O) groups is 1. The highest BCUT2D eigenvalue weighted by Gasteiger charge is 2.29. The van der Waals surface area contributed by atoms with E-state index in [1.54, 1.807) is 23.2 Å². The first kappa shape index (κ1) is 15.3. The lowest BCUT2D eigenvalue weighted by Gasteiger charge is -2.17. The van der Waals surface area contributed by atoms with E-state index in [1.807, 2.05) is 24.3 Å². The van der Waals surface area contributed by atoms with Gasteiger partial charge in [-0.3, -0.25) is 4.79 Å². The van der Waals surface area contributed by atoms with Gasteiger partial charge in [0.25, 0.3) is 5.91 Å². The summed E-state index contributed by atoms with van der Waals surface area (Å²) in [6.45, 7) is 1.20. The number of amides is 1. The van der Waals surface area contributed by atoms with E-state index in [0.717, 1.165) is 10.9 Å². The smallest absolute Gasteiger partial charge is 0.255 e. The molecular weight excluding hydrogens is 368 g/mol. The molecule has 2 aromatic rings. The number of pyridine rings is 1. The van der Waals surface area contributed by atoms with Crippen LogP contribution in [0.25, 0.3) is 0 Å². The molecule has 2 heterocycles. The molecule has 1 atom stereocenters. The zero-order chi connectivity index (χ0) is 15.5. The van der Waals surface area contributed by atoms with Crippen molar-refractivity contribution < 1.29 is 9.53 Å². The van der Waals surface area contributed by atoms with Gasteiger partial charge in [0, 0.05) is 29.7 Å². The van der Waals surface area contributed by atoms with Crippen molar-refractivity contribution in [3.05, 3.63) is 57.7 Å². The molecule has 1 fully saturated rings. The summed E-state index contributed by atoms with van der Waals surface area (Å²) in [5.74, 6) is 0.515. The number of benzene rings is 1. The number of aromatic nitrogens is 1. The highest BCUT2D eigenvalue weighted by atomic mass is 79.9. The van der Waals surface area contributed by atoms with Gasteiger partial charge >= 0.3 is 0 Å². The molecule has 1 aromatic carbocycles. The van der Waals surface area contributed by atoms with Gasteiger partial charge in [-0.15, -0.1) is 0 Å². The minimum absolute atomic E-state index is 0.0416. The third-order valence-electron chi connectivity index (χ3n) is 3.52. The van der Waals surface area contributed by atoms with E-state index in [4.69, 9.17) is 16.3 Å². The molecule has 1 aromatic heterocycles. The van der Waals surface area contributed by atoms with Gasteiger partial charge in [0.1, 0.15) is 6.10 Å². The molecule has 1 unspecified atom stereocenters. The number of rotatable bonds is 3. The maximum atomic E-state index is 12.5. The molecule has 22 heavy (non-hydrogen) atoms. The standard InChI is InChI=1S/C16H14BrClN2O2/c17-11-5-6-15(19-9-11)22-12-7-8-20(10-12)16(21)13-3-1-2-4-14(13)18/h1-6,9,12H,7-8,10H2. The molecule has 1 aliphatic rings. The Bertz CT molecular complexity index is 678. The lowest BCUT2D eigenvalue weighted by molar-refractivity contribution is 0.0771. The Kier molecular flexibility index (Phi) is 4.64. The molecule has 114 valence electrons. The van der Waals surface area contributed by atoms with Gasteiger partial charge in [-0.25, -0.2) is 4.98 Å². The lowest BCUT2D eigenvalue weighted by Crippen LogP contribution is -2.31. The lowest BCUT2D eigenvalue weighted by atomic mass is 10.2. The fraction of sp³-hybridized carbons (Fsp3) is 0.250. The first-order valence-corrected chi connectivity index (χ1v) is 8.12. The van der Waals surface area contributed by atoms with Crippen molar-refractivity contribution in [2.45, 2.75) is 12.5 Å². The van der Waals surface area contributed by atoms with Crippen molar-refractivity contribution >= 4 is 33.4 Å². The Labute approximate surface area is 142 Å². The summed E-state index contributed by atoms with van der Waals surface area (Å²) in [6, 6.07) is 10.8. The Hall–Kier alpha value is -1.59. The van der Waals surface area contributed by atoms with Crippen molar-refractivity contribution in [1.82, 2.24) is 9.88 Å². The minimum atomic E-state index is -0.0551. The molecular formula is C16H14BrClN2O2. The van der Waals surface area contributed by atoms with Crippen LogP contribution in [-0.4, -0.2) is 35.0 Å². The second kappa shape index (κ2) is 6.67. The number of carbonyl (C=O) groups excluding carboxylic acids is 1. The number of halogens is 2. The zero-order valence-corrected chi connectivity index (χ0v) is 14.0. The molecule has 0 aliphatic carbocycles. The van der Waals surface area contributed by atoms with E-state index in [1.165, 1.54) is 0 Å². The molecule has 1 aliphatic heterocycles. The van der Waals surface area contributed by atoms with Gasteiger partial charge < -0.3 is 9.64 Å². The average molecular weight is 382 g/mol. The normalized spacial score (nSPS) is 17.5. The van der Waals surface area contributed by atoms with Crippen molar-refractivity contribution in [3.63, 3.8) is 0 Å². The van der Waals surface area contributed by atoms with E-state index in [9.17, 15) is 4.79 Å². The Morgan fingerprint density at radius 3 is 2.86 bits per heavy atom. The Morgan fingerprint density at radius 1 is 1.32 bits per heavy atom. The van der Waals surface area contributed by atoms with Crippen LogP contribution in [0, 0.1) is 0 Å². The van der Waals surface area contributed by atoms with E-state index in [2.05, 4.69) is 20.9 Å². The van der Waals surface area contributed by atoms with E-state index >= 15 is 0 Å². The third-order valence-corrected chi connectivity index (χ3v) is 4.32. The van der Waals surface area contributed by atoms with Crippen LogP contribution >= 0.6 is 27.5 Å². The molecule has 0 radical (unpaired) electrons. The fourth-order valence-corrected chi connectivity index (χ4v) is 2.87. The van der Waals surface area contributed by atoms with Crippen LogP contribution in [0.4, 0.5) is 0 Å². The topological polar surface area (TPSA) is 42.4 Å². The quantitative estimate of drug-likeness (QED) is 0.812. The molecule has 0 spiro atoms. The predicted molar refractivity (Wildman–Crippen MR) is 88.3 cm³/mol. The largest absolute Gasteiger partial charge is 0.472 e. The van der Waals surface area contributed by atoms with Crippen molar-refractivity contribution in [2.24, 2.45) is 0 Å². The molecule has 0 N–H and O–H groups in total. The molecule has 0 saturated carbocycles. The van der Waals surface area contributed by atoms with Gasteiger partial charge in [-0.1, -0.05) is 23.7 Å². The first-order chi connectivity index (χ1) is 10.6. The van der Waals surface area contributed by atoms with E-state index < -0.39 is 0 Å². The van der Waals surface area contributed by atoms with Crippen LogP contribution in [0.3, 0.4) is 0 Å². The predicted octanol–water partition coefficient (Wildman–Crippen LogP) is 3.79. The first-order valence-electron chi connectivity index (χ1n) is 6.95. The van der Waals surface area contributed by atoms with Gasteiger partial charge in [0.05, 0.1) is 17.1 Å². The van der Waals surface area contributed by atoms with Crippen LogP contribution < -0.4 is 4.74 Å². The second-order valence-electron chi connectivity index (χ2n) is 5.07. The minimum Gasteiger partial charge on any atom is -0.472 e. The molecule has 6 heteroatoms. The summed E-state index contributed by atoms with van der Waals surface area (Å²) in [5, 5.41) is 0.478. The van der Waals surface area contributed by atoms with Gasteiger partial charge in [-0.2, -0.15) is 0 Å². The van der Waals surface area contributed by atoms with Gasteiger partial charge in [0.15, 0.2) is 0 Å². The average Bonchev–Trinajstić information content (AvgIpc) is 2.98. The highest BCUT2D eigenvalue weighted by molar-refractivity contribution is 9.10. The van der Waals surface area contributed by atoms with Crippen LogP contribution in [0.2, 0.25) is 5.02 Å². The number of likely N-dealkylation sites (tertiary alicyclic amines) is 1. The SMILES string of the molecule is O=C(c1ccccc1Cl)N1CCC(Oc2ccc(Br)cn2)C1. The summed E-state index contributed by atoms with van der Waals surface area (Å²) in [4.78, 5) is 18.4. The third kappa shape index (κ3) is 3.42. The van der Waals surface area contributed by atoms with Crippen molar-refractivity contribution in [1.29, 1.82) is 0 Å². The maximum Gasteiger partial charge on any atom is 0.255 e. The van der Waals surface area contributed by atoms with Crippen LogP contribution in [0.15, 0.2) is 47.1 Å². The van der Waals surface area contributed by atoms with E-state index in [-0.39, 0.29) is 12.0 Å². The summed E-state index contributed by atoms with van der Waals surface area (Å²) in [5.41, 5.74) is 0.534. The zero-order valence-electron chi connectivity index (χ0n) is 11.7. The Balaban J connectivity index is 1.63. The number of ether oxygens (including phenoxy) is 1.